The van der Waals surface area contributed by atoms with Crippen molar-refractivity contribution in [3.8, 4) is 11.1 Å². The summed E-state index contributed by atoms with van der Waals surface area (Å²) in [5, 5.41) is 14.2. The summed E-state index contributed by atoms with van der Waals surface area (Å²) in [6.45, 7) is 1.95. The number of carbonyl (C=O) groups is 1. The van der Waals surface area contributed by atoms with Gasteiger partial charge in [0, 0.05) is 5.69 Å². The molecule has 3 aromatic carbocycles. The van der Waals surface area contributed by atoms with Crippen molar-refractivity contribution < 1.29 is 18.8 Å². The molecule has 3 rings (SSSR count). The second-order valence-corrected chi connectivity index (χ2v) is 5.95. The fourth-order valence-electron chi connectivity index (χ4n) is 2.74. The highest BCUT2D eigenvalue weighted by molar-refractivity contribution is 6.04. The zero-order valence-corrected chi connectivity index (χ0v) is 14.4. The van der Waals surface area contributed by atoms with Crippen molar-refractivity contribution in [2.75, 3.05) is 5.32 Å². The molecule has 0 bridgehead atoms. The molecule has 0 heterocycles. The number of nitrogens with one attached hydrogen (secondary N) is 1. The van der Waals surface area contributed by atoms with Crippen molar-refractivity contribution in [2.24, 2.45) is 5.16 Å². The van der Waals surface area contributed by atoms with Crippen molar-refractivity contribution in [1.82, 2.24) is 0 Å². The van der Waals surface area contributed by atoms with E-state index in [1.165, 1.54) is 12.3 Å². The number of oxime groups is 1. The number of hydrogen-bond acceptors (Lipinski definition) is 3. The molecular weight excluding hydrogens is 350 g/mol. The number of carbonyl (C=O) groups excluding carboxylic acids is 1. The van der Waals surface area contributed by atoms with Gasteiger partial charge in [0.2, 0.25) is 0 Å². The molecule has 0 aliphatic carbocycles. The van der Waals surface area contributed by atoms with E-state index in [9.17, 15) is 13.6 Å². The molecule has 0 saturated heterocycles. The van der Waals surface area contributed by atoms with Crippen LogP contribution in [0.25, 0.3) is 11.1 Å². The first kappa shape index (κ1) is 18.3. The normalized spacial score (nSPS) is 10.9. The zero-order valence-electron chi connectivity index (χ0n) is 14.4. The molecule has 0 radical (unpaired) electrons. The smallest absolute Gasteiger partial charge is 0.261 e. The van der Waals surface area contributed by atoms with Gasteiger partial charge in [0.1, 0.15) is 17.2 Å². The lowest BCUT2D eigenvalue weighted by molar-refractivity contribution is 0.101. The lowest BCUT2D eigenvalue weighted by atomic mass is 9.98. The first-order valence-corrected chi connectivity index (χ1v) is 8.13. The van der Waals surface area contributed by atoms with Gasteiger partial charge in [0.15, 0.2) is 0 Å². The van der Waals surface area contributed by atoms with Crippen LogP contribution in [-0.2, 0) is 0 Å². The number of halogens is 2. The van der Waals surface area contributed by atoms with Crippen LogP contribution in [0.3, 0.4) is 0 Å². The van der Waals surface area contributed by atoms with Crippen LogP contribution in [0.2, 0.25) is 0 Å². The third kappa shape index (κ3) is 4.00. The van der Waals surface area contributed by atoms with Gasteiger partial charge in [0.25, 0.3) is 5.91 Å². The summed E-state index contributed by atoms with van der Waals surface area (Å²) >= 11 is 0. The Labute approximate surface area is 154 Å². The monoisotopic (exact) mass is 366 g/mol. The SMILES string of the molecule is Cc1ccc(/C=N/O)cc1-c1ccc(NC(=O)c2c(F)cccc2F)cc1. The summed E-state index contributed by atoms with van der Waals surface area (Å²) in [6, 6.07) is 15.8. The number of nitrogens with zero attached hydrogens (tertiary/aromatic N) is 1. The van der Waals surface area contributed by atoms with E-state index in [4.69, 9.17) is 5.21 Å². The molecule has 27 heavy (non-hydrogen) atoms. The number of aryl methyl sites for hydroxylation is 1. The van der Waals surface area contributed by atoms with Gasteiger partial charge in [-0.3, -0.25) is 4.79 Å². The third-order valence-corrected chi connectivity index (χ3v) is 4.11. The van der Waals surface area contributed by atoms with E-state index in [-0.39, 0.29) is 0 Å². The number of hydrogen-bond donors (Lipinski definition) is 2. The van der Waals surface area contributed by atoms with Crippen molar-refractivity contribution in [1.29, 1.82) is 0 Å². The van der Waals surface area contributed by atoms with E-state index in [0.717, 1.165) is 34.4 Å². The van der Waals surface area contributed by atoms with Gasteiger partial charge in [-0.25, -0.2) is 8.78 Å². The van der Waals surface area contributed by atoms with Gasteiger partial charge >= 0.3 is 0 Å². The summed E-state index contributed by atoms with van der Waals surface area (Å²) < 4.78 is 27.4. The van der Waals surface area contributed by atoms with Crippen molar-refractivity contribution in [3.63, 3.8) is 0 Å². The molecule has 4 nitrogen and oxygen atoms in total. The van der Waals surface area contributed by atoms with Gasteiger partial charge in [-0.1, -0.05) is 35.5 Å². The maximum Gasteiger partial charge on any atom is 0.261 e. The molecular formula is C21H16F2N2O2. The van der Waals surface area contributed by atoms with Crippen LogP contribution >= 0.6 is 0 Å². The van der Waals surface area contributed by atoms with E-state index in [0.29, 0.717) is 5.69 Å². The lowest BCUT2D eigenvalue weighted by Gasteiger charge is -2.10. The lowest BCUT2D eigenvalue weighted by Crippen LogP contribution is -2.15. The average Bonchev–Trinajstić information content (AvgIpc) is 2.64. The molecule has 0 unspecified atom stereocenters. The topological polar surface area (TPSA) is 61.7 Å². The van der Waals surface area contributed by atoms with E-state index >= 15 is 0 Å². The number of benzene rings is 3. The zero-order chi connectivity index (χ0) is 19.4. The summed E-state index contributed by atoms with van der Waals surface area (Å²) in [5.74, 6) is -2.68. The molecule has 0 aromatic heterocycles. The van der Waals surface area contributed by atoms with Crippen molar-refractivity contribution >= 4 is 17.8 Å². The maximum absolute atomic E-state index is 13.7. The second kappa shape index (κ2) is 7.78. The Bertz CT molecular complexity index is 995. The van der Waals surface area contributed by atoms with E-state index in [1.807, 2.05) is 25.1 Å². The predicted octanol–water partition coefficient (Wildman–Crippen LogP) is 5.00. The molecule has 0 saturated carbocycles. The van der Waals surface area contributed by atoms with Gasteiger partial charge < -0.3 is 10.5 Å². The standard InChI is InChI=1S/C21H16F2N2O2/c1-13-5-6-14(12-24-27)11-17(13)15-7-9-16(10-8-15)25-21(26)20-18(22)3-2-4-19(20)23/h2-12,27H,1H3,(H,25,26)/b24-12+. The fraction of sp³-hybridized carbons (Fsp3) is 0.0476. The van der Waals surface area contributed by atoms with Crippen molar-refractivity contribution in [3.05, 3.63) is 89.0 Å². The molecule has 3 aromatic rings. The Hall–Kier alpha value is -3.54. The summed E-state index contributed by atoms with van der Waals surface area (Å²) in [7, 11) is 0. The van der Waals surface area contributed by atoms with E-state index < -0.39 is 23.1 Å². The summed E-state index contributed by atoms with van der Waals surface area (Å²) in [4.78, 5) is 12.2. The van der Waals surface area contributed by atoms with Crippen LogP contribution in [0.1, 0.15) is 21.5 Å². The highest BCUT2D eigenvalue weighted by Crippen LogP contribution is 2.26. The largest absolute Gasteiger partial charge is 0.411 e. The summed E-state index contributed by atoms with van der Waals surface area (Å²) in [6.07, 6.45) is 1.33. The number of amides is 1. The highest BCUT2D eigenvalue weighted by Gasteiger charge is 2.17. The molecule has 6 heteroatoms. The molecule has 0 atom stereocenters. The Morgan fingerprint density at radius 3 is 2.33 bits per heavy atom. The van der Waals surface area contributed by atoms with Gasteiger partial charge in [-0.05, 0) is 59.5 Å². The average molecular weight is 366 g/mol. The fourth-order valence-corrected chi connectivity index (χ4v) is 2.74. The minimum atomic E-state index is -0.915. The van der Waals surface area contributed by atoms with Crippen LogP contribution in [0, 0.1) is 18.6 Å². The molecule has 2 N–H and O–H groups in total. The van der Waals surface area contributed by atoms with E-state index in [2.05, 4.69) is 10.5 Å². The quantitative estimate of drug-likeness (QED) is 0.388. The molecule has 136 valence electrons. The predicted molar refractivity (Wildman–Crippen MR) is 100 cm³/mol. The van der Waals surface area contributed by atoms with Gasteiger partial charge in [0.05, 0.1) is 6.21 Å². The van der Waals surface area contributed by atoms with Crippen LogP contribution in [0.4, 0.5) is 14.5 Å². The van der Waals surface area contributed by atoms with Crippen LogP contribution in [-0.4, -0.2) is 17.3 Å². The van der Waals surface area contributed by atoms with Crippen LogP contribution in [0.5, 0.6) is 0 Å². The van der Waals surface area contributed by atoms with Crippen molar-refractivity contribution in [2.45, 2.75) is 6.92 Å². The van der Waals surface area contributed by atoms with Gasteiger partial charge in [-0.2, -0.15) is 0 Å². The Balaban J connectivity index is 1.84. The molecule has 0 spiro atoms. The Morgan fingerprint density at radius 2 is 1.70 bits per heavy atom. The Kier molecular flexibility index (Phi) is 5.26. The Morgan fingerprint density at radius 1 is 1.04 bits per heavy atom. The van der Waals surface area contributed by atoms with Crippen LogP contribution in [0.15, 0.2) is 65.8 Å². The molecule has 0 aliphatic heterocycles. The summed E-state index contributed by atoms with van der Waals surface area (Å²) in [5.41, 5.74) is 3.38. The van der Waals surface area contributed by atoms with Gasteiger partial charge in [-0.15, -0.1) is 0 Å². The molecule has 0 fully saturated rings. The highest BCUT2D eigenvalue weighted by atomic mass is 19.1. The van der Waals surface area contributed by atoms with Crippen LogP contribution < -0.4 is 5.32 Å². The minimum absolute atomic E-state index is 0.414. The number of rotatable bonds is 4. The second-order valence-electron chi connectivity index (χ2n) is 5.95. The molecule has 0 aliphatic rings. The third-order valence-electron chi connectivity index (χ3n) is 4.11. The molecule has 1 amide bonds. The number of anilines is 1. The minimum Gasteiger partial charge on any atom is -0.411 e. The maximum atomic E-state index is 13.7. The first-order valence-electron chi connectivity index (χ1n) is 8.13. The first-order chi connectivity index (χ1) is 13.0. The van der Waals surface area contributed by atoms with E-state index in [1.54, 1.807) is 24.3 Å².